The predicted molar refractivity (Wildman–Crippen MR) is 123 cm³/mol. The molecule has 0 bridgehead atoms. The Morgan fingerprint density at radius 1 is 1.26 bits per heavy atom. The molecule has 1 aromatic carbocycles. The number of nitrogens with zero attached hydrogens (tertiary/aromatic N) is 4. The molecule has 1 amide bonds. The first kappa shape index (κ1) is 23.5. The van der Waals surface area contributed by atoms with E-state index in [0.717, 1.165) is 22.5 Å². The van der Waals surface area contributed by atoms with Crippen LogP contribution in [-0.4, -0.2) is 65.7 Å². The van der Waals surface area contributed by atoms with Crippen LogP contribution in [0.1, 0.15) is 35.4 Å². The summed E-state index contributed by atoms with van der Waals surface area (Å²) in [5, 5.41) is 5.31. The lowest BCUT2D eigenvalue weighted by atomic mass is 10.1. The first-order valence-electron chi connectivity index (χ1n) is 10.3. The van der Waals surface area contributed by atoms with Gasteiger partial charge < -0.3 is 4.90 Å². The second-order valence-corrected chi connectivity index (χ2v) is 10.5. The summed E-state index contributed by atoms with van der Waals surface area (Å²) in [7, 11) is -1.62. The van der Waals surface area contributed by atoms with Crippen molar-refractivity contribution in [3.05, 3.63) is 57.9 Å². The van der Waals surface area contributed by atoms with E-state index in [1.807, 2.05) is 48.9 Å². The highest BCUT2D eigenvalue weighted by atomic mass is 35.5. The second-order valence-electron chi connectivity index (χ2n) is 8.00. The first-order valence-corrected chi connectivity index (χ1v) is 12.5. The standard InChI is InChI=1S/C22H29ClN4O3S/c1-16-20(17(2)27(24-16)15-18-7-5-6-8-21(18)23)9-10-22(28)26-13-11-19(12-14-26)25(3)31(4,29)30/h5-10,19H,11-15H2,1-4H3/b10-9+. The molecule has 2 aromatic rings. The number of sulfonamides is 1. The number of carbonyl (C=O) groups is 1. The third-order valence-electron chi connectivity index (χ3n) is 5.92. The number of benzene rings is 1. The Bertz CT molecular complexity index is 1090. The van der Waals surface area contributed by atoms with Crippen molar-refractivity contribution in [1.29, 1.82) is 0 Å². The molecule has 0 unspecified atom stereocenters. The highest BCUT2D eigenvalue weighted by Crippen LogP contribution is 2.21. The van der Waals surface area contributed by atoms with Gasteiger partial charge in [0.15, 0.2) is 0 Å². The molecule has 1 aromatic heterocycles. The van der Waals surface area contributed by atoms with E-state index in [9.17, 15) is 13.2 Å². The molecule has 0 atom stereocenters. The summed E-state index contributed by atoms with van der Waals surface area (Å²) in [5.41, 5.74) is 3.73. The van der Waals surface area contributed by atoms with Crippen LogP contribution in [0.5, 0.6) is 0 Å². The van der Waals surface area contributed by atoms with Crippen LogP contribution < -0.4 is 0 Å². The van der Waals surface area contributed by atoms with Gasteiger partial charge in [-0.1, -0.05) is 29.8 Å². The number of carbonyl (C=O) groups excluding carboxylic acids is 1. The molecule has 1 aliphatic rings. The average Bonchev–Trinajstić information content (AvgIpc) is 2.99. The van der Waals surface area contributed by atoms with Crippen LogP contribution >= 0.6 is 11.6 Å². The quantitative estimate of drug-likeness (QED) is 0.615. The van der Waals surface area contributed by atoms with Crippen LogP contribution in [0.15, 0.2) is 30.3 Å². The third kappa shape index (κ3) is 5.56. The van der Waals surface area contributed by atoms with Crippen molar-refractivity contribution in [1.82, 2.24) is 19.0 Å². The lowest BCUT2D eigenvalue weighted by molar-refractivity contribution is -0.127. The number of hydrogen-bond acceptors (Lipinski definition) is 4. The van der Waals surface area contributed by atoms with Gasteiger partial charge in [-0.15, -0.1) is 0 Å². The summed E-state index contributed by atoms with van der Waals surface area (Å²) in [6, 6.07) is 7.62. The zero-order valence-corrected chi connectivity index (χ0v) is 19.9. The Balaban J connectivity index is 1.65. The maximum Gasteiger partial charge on any atom is 0.246 e. The summed E-state index contributed by atoms with van der Waals surface area (Å²) >= 11 is 6.27. The Hall–Kier alpha value is -2.16. The number of amides is 1. The topological polar surface area (TPSA) is 75.5 Å². The summed E-state index contributed by atoms with van der Waals surface area (Å²) in [6.45, 7) is 5.55. The van der Waals surface area contributed by atoms with E-state index in [2.05, 4.69) is 5.10 Å². The van der Waals surface area contributed by atoms with E-state index in [-0.39, 0.29) is 11.9 Å². The smallest absolute Gasteiger partial charge is 0.246 e. The molecule has 0 spiro atoms. The van der Waals surface area contributed by atoms with Crippen LogP contribution in [0, 0.1) is 13.8 Å². The number of aromatic nitrogens is 2. The van der Waals surface area contributed by atoms with Gasteiger partial charge in [-0.25, -0.2) is 12.7 Å². The van der Waals surface area contributed by atoms with Crippen molar-refractivity contribution in [2.75, 3.05) is 26.4 Å². The maximum absolute atomic E-state index is 12.7. The molecule has 0 N–H and O–H groups in total. The van der Waals surface area contributed by atoms with Crippen LogP contribution in [0.25, 0.3) is 6.08 Å². The number of hydrogen-bond donors (Lipinski definition) is 0. The van der Waals surface area contributed by atoms with Crippen molar-refractivity contribution in [2.24, 2.45) is 0 Å². The van der Waals surface area contributed by atoms with Gasteiger partial charge in [0.25, 0.3) is 0 Å². The molecule has 0 saturated carbocycles. The van der Waals surface area contributed by atoms with Crippen LogP contribution in [0.2, 0.25) is 5.02 Å². The first-order chi connectivity index (χ1) is 14.6. The fourth-order valence-electron chi connectivity index (χ4n) is 3.87. The minimum absolute atomic E-state index is 0.0597. The van der Waals surface area contributed by atoms with Gasteiger partial charge in [0, 0.05) is 48.5 Å². The molecule has 2 heterocycles. The van der Waals surface area contributed by atoms with E-state index in [0.29, 0.717) is 37.5 Å². The number of rotatable bonds is 6. The van der Waals surface area contributed by atoms with Gasteiger partial charge in [-0.2, -0.15) is 5.10 Å². The maximum atomic E-state index is 12.7. The lowest BCUT2D eigenvalue weighted by Crippen LogP contribution is -2.46. The minimum Gasteiger partial charge on any atom is -0.339 e. The fourth-order valence-corrected chi connectivity index (χ4v) is 4.82. The molecule has 1 aliphatic heterocycles. The summed E-state index contributed by atoms with van der Waals surface area (Å²) in [6.07, 6.45) is 5.88. The normalized spacial score (nSPS) is 15.9. The van der Waals surface area contributed by atoms with Crippen molar-refractivity contribution in [2.45, 2.75) is 39.3 Å². The third-order valence-corrected chi connectivity index (χ3v) is 7.63. The fraction of sp³-hybridized carbons (Fsp3) is 0.455. The van der Waals surface area contributed by atoms with E-state index in [1.165, 1.54) is 10.6 Å². The summed E-state index contributed by atoms with van der Waals surface area (Å²) in [5.74, 6) is -0.0712. The minimum atomic E-state index is -3.22. The van der Waals surface area contributed by atoms with E-state index < -0.39 is 10.0 Å². The molecule has 0 radical (unpaired) electrons. The molecule has 1 fully saturated rings. The molecule has 0 aliphatic carbocycles. The van der Waals surface area contributed by atoms with Gasteiger partial charge >= 0.3 is 0 Å². The van der Waals surface area contributed by atoms with Crippen molar-refractivity contribution < 1.29 is 13.2 Å². The summed E-state index contributed by atoms with van der Waals surface area (Å²) in [4.78, 5) is 14.4. The Kier molecular flexibility index (Phi) is 7.24. The Morgan fingerprint density at radius 2 is 1.90 bits per heavy atom. The molecular weight excluding hydrogens is 436 g/mol. The number of halogens is 1. The van der Waals surface area contributed by atoms with Gasteiger partial charge in [-0.05, 0) is 44.4 Å². The van der Waals surface area contributed by atoms with Crippen molar-refractivity contribution in [3.63, 3.8) is 0 Å². The monoisotopic (exact) mass is 464 g/mol. The van der Waals surface area contributed by atoms with Gasteiger partial charge in [-0.3, -0.25) is 9.48 Å². The van der Waals surface area contributed by atoms with E-state index in [1.54, 1.807) is 18.0 Å². The molecule has 7 nitrogen and oxygen atoms in total. The molecular formula is C22H29ClN4O3S. The second kappa shape index (κ2) is 9.54. The highest BCUT2D eigenvalue weighted by Gasteiger charge is 2.28. The molecule has 9 heteroatoms. The van der Waals surface area contributed by atoms with E-state index in [4.69, 9.17) is 11.6 Å². The number of aryl methyl sites for hydroxylation is 1. The Morgan fingerprint density at radius 3 is 2.52 bits per heavy atom. The molecule has 31 heavy (non-hydrogen) atoms. The number of likely N-dealkylation sites (tertiary alicyclic amines) is 1. The molecule has 168 valence electrons. The van der Waals surface area contributed by atoms with Gasteiger partial charge in [0.2, 0.25) is 15.9 Å². The molecule has 3 rings (SSSR count). The van der Waals surface area contributed by atoms with E-state index >= 15 is 0 Å². The van der Waals surface area contributed by atoms with Crippen molar-refractivity contribution >= 4 is 33.6 Å². The van der Waals surface area contributed by atoms with Gasteiger partial charge in [0.05, 0.1) is 18.5 Å². The van der Waals surface area contributed by atoms with Gasteiger partial charge in [0.1, 0.15) is 0 Å². The van der Waals surface area contributed by atoms with Crippen LogP contribution in [0.4, 0.5) is 0 Å². The zero-order valence-electron chi connectivity index (χ0n) is 18.4. The zero-order chi connectivity index (χ0) is 22.8. The highest BCUT2D eigenvalue weighted by molar-refractivity contribution is 7.88. The largest absolute Gasteiger partial charge is 0.339 e. The van der Waals surface area contributed by atoms with Crippen LogP contribution in [0.3, 0.4) is 0 Å². The van der Waals surface area contributed by atoms with Crippen LogP contribution in [-0.2, 0) is 21.4 Å². The molecule has 1 saturated heterocycles. The Labute approximate surface area is 189 Å². The SMILES string of the molecule is Cc1nn(Cc2ccccc2Cl)c(C)c1/C=C/C(=O)N1CCC(N(C)S(C)(=O)=O)CC1. The summed E-state index contributed by atoms with van der Waals surface area (Å²) < 4.78 is 26.8. The predicted octanol–water partition coefficient (Wildman–Crippen LogP) is 3.10. The number of piperidine rings is 1. The van der Waals surface area contributed by atoms with Crippen molar-refractivity contribution in [3.8, 4) is 0 Å². The lowest BCUT2D eigenvalue weighted by Gasteiger charge is -2.35. The average molecular weight is 465 g/mol.